The second-order valence-corrected chi connectivity index (χ2v) is 13.3. The molecule has 3 aliphatic heterocycles. The molecule has 0 saturated carbocycles. The van der Waals surface area contributed by atoms with E-state index in [1.807, 2.05) is 30.3 Å². The van der Waals surface area contributed by atoms with Crippen molar-refractivity contribution in [3.63, 3.8) is 0 Å². The molecule has 1 spiro atoms. The summed E-state index contributed by atoms with van der Waals surface area (Å²) in [4.78, 5) is 48.0. The Bertz CT molecular complexity index is 1090. The Labute approximate surface area is 237 Å². The number of fused-ring (bicyclic) bond motifs is 1. The third-order valence-corrected chi connectivity index (χ3v) is 10.8. The molecule has 1 aromatic carbocycles. The molecule has 0 aromatic heterocycles. The number of rotatable bonds is 12. The molecule has 2 bridgehead atoms. The predicted octanol–water partition coefficient (Wildman–Crippen LogP) is 3.59. The van der Waals surface area contributed by atoms with Crippen molar-refractivity contribution in [3.05, 3.63) is 61.2 Å². The van der Waals surface area contributed by atoms with E-state index in [9.17, 15) is 19.5 Å². The van der Waals surface area contributed by atoms with Gasteiger partial charge in [-0.3, -0.25) is 14.4 Å². The van der Waals surface area contributed by atoms with E-state index in [1.54, 1.807) is 45.7 Å². The first kappa shape index (κ1) is 29.4. The lowest BCUT2D eigenvalue weighted by atomic mass is 9.65. The summed E-state index contributed by atoms with van der Waals surface area (Å²) in [6, 6.07) is 8.55. The Morgan fingerprint density at radius 3 is 2.44 bits per heavy atom. The number of aliphatic hydroxyl groups excluding tert-OH is 1. The van der Waals surface area contributed by atoms with Crippen molar-refractivity contribution in [3.8, 4) is 0 Å². The van der Waals surface area contributed by atoms with Crippen molar-refractivity contribution in [1.29, 1.82) is 0 Å². The molecule has 1 aromatic rings. The molecular formula is C31H43N3O4S. The zero-order valence-corrected chi connectivity index (χ0v) is 24.5. The maximum Gasteiger partial charge on any atom is 0.247 e. The number of amides is 3. The van der Waals surface area contributed by atoms with Crippen LogP contribution in [0.2, 0.25) is 0 Å². The van der Waals surface area contributed by atoms with Crippen molar-refractivity contribution in [2.45, 2.75) is 62.2 Å². The summed E-state index contributed by atoms with van der Waals surface area (Å²) >= 11 is 1.67. The highest BCUT2D eigenvalue weighted by atomic mass is 32.2. The second-order valence-electron chi connectivity index (χ2n) is 11.8. The molecule has 0 aliphatic carbocycles. The fourth-order valence-electron chi connectivity index (χ4n) is 7.14. The van der Waals surface area contributed by atoms with E-state index in [0.717, 1.165) is 12.0 Å². The normalized spacial score (nSPS) is 29.8. The molecule has 0 radical (unpaired) electrons. The van der Waals surface area contributed by atoms with Gasteiger partial charge >= 0.3 is 0 Å². The van der Waals surface area contributed by atoms with Crippen LogP contribution in [-0.2, 0) is 20.9 Å². The Morgan fingerprint density at radius 2 is 1.85 bits per heavy atom. The lowest BCUT2D eigenvalue weighted by molar-refractivity contribution is -0.147. The minimum atomic E-state index is -0.762. The Hall–Kier alpha value is -2.58. The Kier molecular flexibility index (Phi) is 8.96. The summed E-state index contributed by atoms with van der Waals surface area (Å²) in [5.41, 5.74) is 0.994. The number of nitrogens with zero attached hydrogens (tertiary/aromatic N) is 3. The number of likely N-dealkylation sites (N-methyl/N-ethyl adjacent to an activating group) is 1. The summed E-state index contributed by atoms with van der Waals surface area (Å²) in [6.45, 7) is 14.8. The molecule has 8 heteroatoms. The van der Waals surface area contributed by atoms with Crippen LogP contribution in [0.1, 0.15) is 39.2 Å². The molecule has 7 atom stereocenters. The minimum Gasteiger partial charge on any atom is -0.394 e. The summed E-state index contributed by atoms with van der Waals surface area (Å²) in [6.07, 6.45) is 4.76. The molecule has 3 unspecified atom stereocenters. The molecule has 3 fully saturated rings. The standard InChI is InChI=1S/C31H43N3O4S/c1-7-14-32(6)28(36)25-24-17-21(5)31(39-24)26(25)29(37)34(23(19-35)16-20(3)4)27(31)30(38)33(15-8-2)18-22-12-10-9-11-13-22/h7-13,20-21,23-27,35H,1-2,14-19H2,3-6H3/t21?,23-,24+,25-,26+,27?,31?/m1/s1. The largest absolute Gasteiger partial charge is 0.394 e. The molecule has 1 N–H and O–H groups in total. The Balaban J connectivity index is 1.81. The van der Waals surface area contributed by atoms with Gasteiger partial charge in [-0.1, -0.05) is 63.3 Å². The van der Waals surface area contributed by atoms with E-state index in [-0.39, 0.29) is 41.4 Å². The van der Waals surface area contributed by atoms with Gasteiger partial charge in [0.2, 0.25) is 17.7 Å². The highest BCUT2D eigenvalue weighted by Gasteiger charge is 2.76. The van der Waals surface area contributed by atoms with Crippen LogP contribution < -0.4 is 0 Å². The van der Waals surface area contributed by atoms with Crippen molar-refractivity contribution in [2.75, 3.05) is 26.7 Å². The highest BCUT2D eigenvalue weighted by Crippen LogP contribution is 2.69. The van der Waals surface area contributed by atoms with E-state index >= 15 is 0 Å². The van der Waals surface area contributed by atoms with E-state index in [2.05, 4.69) is 33.9 Å². The summed E-state index contributed by atoms with van der Waals surface area (Å²) in [7, 11) is 1.75. The summed E-state index contributed by atoms with van der Waals surface area (Å²) < 4.78 is -0.727. The van der Waals surface area contributed by atoms with Gasteiger partial charge in [-0.05, 0) is 30.2 Å². The molecule has 39 heavy (non-hydrogen) atoms. The predicted molar refractivity (Wildman–Crippen MR) is 156 cm³/mol. The van der Waals surface area contributed by atoms with Crippen LogP contribution in [0.15, 0.2) is 55.6 Å². The average Bonchev–Trinajstić information content (AvgIpc) is 3.50. The fraction of sp³-hybridized carbons (Fsp3) is 0.581. The number of carbonyl (C=O) groups is 3. The van der Waals surface area contributed by atoms with Gasteiger partial charge in [0.1, 0.15) is 6.04 Å². The SMILES string of the molecule is C=CCN(C)C(=O)[C@@H]1[C@@H]2CC(C)C3(S2)C(C(=O)N(CC=C)Cc2ccccc2)N([C@@H](CO)CC(C)C)C(=O)[C@H]13. The minimum absolute atomic E-state index is 0.0224. The Morgan fingerprint density at radius 1 is 1.18 bits per heavy atom. The number of likely N-dealkylation sites (tertiary alicyclic amines) is 1. The summed E-state index contributed by atoms with van der Waals surface area (Å²) in [5, 5.41) is 10.5. The van der Waals surface area contributed by atoms with Crippen LogP contribution in [0.3, 0.4) is 0 Å². The number of aliphatic hydroxyl groups is 1. The van der Waals surface area contributed by atoms with Crippen molar-refractivity contribution in [1.82, 2.24) is 14.7 Å². The molecule has 4 rings (SSSR count). The van der Waals surface area contributed by atoms with Gasteiger partial charge in [-0.15, -0.1) is 24.9 Å². The van der Waals surface area contributed by atoms with Gasteiger partial charge in [-0.2, -0.15) is 0 Å². The molecule has 3 saturated heterocycles. The first-order valence-electron chi connectivity index (χ1n) is 14.0. The average molecular weight is 554 g/mol. The number of carbonyl (C=O) groups excluding carboxylic acids is 3. The van der Waals surface area contributed by atoms with Crippen LogP contribution in [0.25, 0.3) is 0 Å². The third-order valence-electron chi connectivity index (χ3n) is 8.71. The first-order valence-corrected chi connectivity index (χ1v) is 14.9. The number of benzene rings is 1. The van der Waals surface area contributed by atoms with Crippen LogP contribution >= 0.6 is 11.8 Å². The third kappa shape index (κ3) is 5.06. The monoisotopic (exact) mass is 553 g/mol. The van der Waals surface area contributed by atoms with Crippen LogP contribution in [-0.4, -0.2) is 86.4 Å². The summed E-state index contributed by atoms with van der Waals surface area (Å²) in [5.74, 6) is -1.19. The van der Waals surface area contributed by atoms with Gasteiger partial charge in [0, 0.05) is 31.9 Å². The van der Waals surface area contributed by atoms with E-state index in [1.165, 1.54) is 0 Å². The van der Waals surface area contributed by atoms with Crippen LogP contribution in [0, 0.1) is 23.7 Å². The molecule has 3 heterocycles. The van der Waals surface area contributed by atoms with Crippen molar-refractivity contribution < 1.29 is 19.5 Å². The lowest BCUT2D eigenvalue weighted by Crippen LogP contribution is -2.59. The number of hydrogen-bond donors (Lipinski definition) is 1. The van der Waals surface area contributed by atoms with Crippen LogP contribution in [0.4, 0.5) is 0 Å². The maximum absolute atomic E-state index is 14.7. The van der Waals surface area contributed by atoms with Crippen LogP contribution in [0.5, 0.6) is 0 Å². The molecule has 212 valence electrons. The van der Waals surface area contributed by atoms with E-state index < -0.39 is 28.7 Å². The van der Waals surface area contributed by atoms with E-state index in [0.29, 0.717) is 26.1 Å². The maximum atomic E-state index is 14.7. The topological polar surface area (TPSA) is 81.2 Å². The first-order chi connectivity index (χ1) is 18.6. The molecule has 7 nitrogen and oxygen atoms in total. The van der Waals surface area contributed by atoms with Gasteiger partial charge in [0.05, 0.1) is 29.2 Å². The number of thioether (sulfide) groups is 1. The highest BCUT2D eigenvalue weighted by molar-refractivity contribution is 8.02. The zero-order valence-electron chi connectivity index (χ0n) is 23.7. The molecule has 3 aliphatic rings. The van der Waals surface area contributed by atoms with Gasteiger partial charge in [0.25, 0.3) is 0 Å². The second kappa shape index (κ2) is 11.9. The van der Waals surface area contributed by atoms with Gasteiger partial charge in [-0.25, -0.2) is 0 Å². The molecule has 3 amide bonds. The van der Waals surface area contributed by atoms with Crippen molar-refractivity contribution in [2.24, 2.45) is 23.7 Å². The fourth-order valence-corrected chi connectivity index (χ4v) is 9.53. The van der Waals surface area contributed by atoms with Crippen molar-refractivity contribution >= 4 is 29.5 Å². The van der Waals surface area contributed by atoms with Gasteiger partial charge < -0.3 is 19.8 Å². The quantitative estimate of drug-likeness (QED) is 0.400. The van der Waals surface area contributed by atoms with E-state index in [4.69, 9.17) is 0 Å². The number of hydrogen-bond acceptors (Lipinski definition) is 5. The zero-order chi connectivity index (χ0) is 28.5. The smallest absolute Gasteiger partial charge is 0.247 e. The van der Waals surface area contributed by atoms with Gasteiger partial charge in [0.15, 0.2) is 0 Å². The lowest BCUT2D eigenvalue weighted by Gasteiger charge is -2.42. The molecular weight excluding hydrogens is 510 g/mol.